The van der Waals surface area contributed by atoms with E-state index in [0.717, 1.165) is 31.4 Å². The van der Waals surface area contributed by atoms with E-state index >= 15 is 0 Å². The average molecular weight is 404 g/mol. The summed E-state index contributed by atoms with van der Waals surface area (Å²) in [6.07, 6.45) is 3.02. The number of aliphatic imine (C=N–C) groups is 1. The molecule has 0 bridgehead atoms. The maximum Gasteiger partial charge on any atom is 0.253 e. The molecule has 160 valence electrons. The standard InChI is InChI=1S/C21H33N5O3/c1-25(2)19(27)15-24-21(23-14-18-9-6-12-29-18)22-11-10-16-7-5-8-17(13-16)20(28)26(3)4/h5,7-8,13,18H,6,9-12,14-15H2,1-4H3,(H2,22,23,24). The Labute approximate surface area is 173 Å². The van der Waals surface area contributed by atoms with Crippen molar-refractivity contribution in [2.75, 3.05) is 54.4 Å². The van der Waals surface area contributed by atoms with E-state index < -0.39 is 0 Å². The summed E-state index contributed by atoms with van der Waals surface area (Å²) in [6.45, 7) is 2.18. The highest BCUT2D eigenvalue weighted by Gasteiger charge is 2.16. The smallest absolute Gasteiger partial charge is 0.253 e. The fourth-order valence-corrected chi connectivity index (χ4v) is 2.92. The van der Waals surface area contributed by atoms with Crippen molar-refractivity contribution in [2.45, 2.75) is 25.4 Å². The summed E-state index contributed by atoms with van der Waals surface area (Å²) in [4.78, 5) is 31.5. The third kappa shape index (κ3) is 7.73. The van der Waals surface area contributed by atoms with Crippen molar-refractivity contribution >= 4 is 17.8 Å². The van der Waals surface area contributed by atoms with Gasteiger partial charge in [-0.05, 0) is 37.0 Å². The number of amides is 2. The van der Waals surface area contributed by atoms with E-state index in [0.29, 0.717) is 24.6 Å². The van der Waals surface area contributed by atoms with E-state index in [1.54, 1.807) is 33.1 Å². The second kappa shape index (κ2) is 11.4. The number of likely N-dealkylation sites (N-methyl/N-ethyl adjacent to an activating group) is 1. The highest BCUT2D eigenvalue weighted by Crippen LogP contribution is 2.10. The Morgan fingerprint density at radius 1 is 1.17 bits per heavy atom. The first kappa shape index (κ1) is 22.7. The predicted octanol–water partition coefficient (Wildman–Crippen LogP) is 0.733. The molecule has 1 aromatic carbocycles. The predicted molar refractivity (Wildman–Crippen MR) is 114 cm³/mol. The highest BCUT2D eigenvalue weighted by atomic mass is 16.5. The molecule has 8 nitrogen and oxygen atoms in total. The van der Waals surface area contributed by atoms with Gasteiger partial charge in [0.25, 0.3) is 5.91 Å². The van der Waals surface area contributed by atoms with Crippen molar-refractivity contribution in [3.63, 3.8) is 0 Å². The molecule has 1 fully saturated rings. The largest absolute Gasteiger partial charge is 0.376 e. The average Bonchev–Trinajstić information content (AvgIpc) is 3.22. The topological polar surface area (TPSA) is 86.3 Å². The Kier molecular flexibility index (Phi) is 8.92. The molecule has 0 aromatic heterocycles. The molecule has 1 aromatic rings. The molecule has 1 saturated heterocycles. The Morgan fingerprint density at radius 3 is 2.62 bits per heavy atom. The van der Waals surface area contributed by atoms with Crippen LogP contribution in [0.25, 0.3) is 0 Å². The molecule has 0 saturated carbocycles. The van der Waals surface area contributed by atoms with E-state index in [9.17, 15) is 9.59 Å². The van der Waals surface area contributed by atoms with Gasteiger partial charge in [-0.15, -0.1) is 0 Å². The van der Waals surface area contributed by atoms with Crippen LogP contribution in [0.4, 0.5) is 0 Å². The summed E-state index contributed by atoms with van der Waals surface area (Å²) in [5, 5.41) is 6.54. The molecule has 1 heterocycles. The van der Waals surface area contributed by atoms with Crippen molar-refractivity contribution in [3.8, 4) is 0 Å². The summed E-state index contributed by atoms with van der Waals surface area (Å²) < 4.78 is 5.64. The molecular weight excluding hydrogens is 370 g/mol. The lowest BCUT2D eigenvalue weighted by molar-refractivity contribution is -0.127. The van der Waals surface area contributed by atoms with Gasteiger partial charge in [0.05, 0.1) is 6.10 Å². The Bertz CT molecular complexity index is 712. The van der Waals surface area contributed by atoms with E-state index in [-0.39, 0.29) is 24.5 Å². The number of carbonyl (C=O) groups excluding carboxylic acids is 2. The maximum atomic E-state index is 12.1. The van der Waals surface area contributed by atoms with Crippen LogP contribution in [0.15, 0.2) is 29.3 Å². The molecular formula is C21H33N5O3. The minimum atomic E-state index is -0.0573. The summed E-state index contributed by atoms with van der Waals surface area (Å²) in [7, 11) is 6.92. The van der Waals surface area contributed by atoms with Crippen LogP contribution >= 0.6 is 0 Å². The lowest BCUT2D eigenvalue weighted by Gasteiger charge is -2.16. The number of hydrogen-bond donors (Lipinski definition) is 2. The van der Waals surface area contributed by atoms with Gasteiger partial charge < -0.3 is 25.2 Å². The first-order valence-electron chi connectivity index (χ1n) is 10.0. The van der Waals surface area contributed by atoms with E-state index in [2.05, 4.69) is 15.6 Å². The van der Waals surface area contributed by atoms with Crippen LogP contribution in [-0.2, 0) is 16.0 Å². The van der Waals surface area contributed by atoms with Gasteiger partial charge in [-0.25, -0.2) is 4.99 Å². The lowest BCUT2D eigenvalue weighted by atomic mass is 10.1. The van der Waals surface area contributed by atoms with Crippen LogP contribution in [0.1, 0.15) is 28.8 Å². The summed E-state index contributed by atoms with van der Waals surface area (Å²) in [5.41, 5.74) is 1.74. The number of rotatable bonds is 8. The zero-order valence-electron chi connectivity index (χ0n) is 17.9. The van der Waals surface area contributed by atoms with Crippen molar-refractivity contribution in [2.24, 2.45) is 4.99 Å². The van der Waals surface area contributed by atoms with Gasteiger partial charge in [-0.2, -0.15) is 0 Å². The van der Waals surface area contributed by atoms with Gasteiger partial charge in [0.2, 0.25) is 5.91 Å². The molecule has 2 rings (SSSR count). The molecule has 0 aliphatic carbocycles. The van der Waals surface area contributed by atoms with Crippen LogP contribution in [0.5, 0.6) is 0 Å². The molecule has 1 unspecified atom stereocenters. The van der Waals surface area contributed by atoms with E-state index in [1.165, 1.54) is 4.90 Å². The van der Waals surface area contributed by atoms with Crippen molar-refractivity contribution in [1.82, 2.24) is 20.4 Å². The van der Waals surface area contributed by atoms with Gasteiger partial charge in [0.15, 0.2) is 5.96 Å². The zero-order valence-corrected chi connectivity index (χ0v) is 17.9. The molecule has 8 heteroatoms. The molecule has 2 N–H and O–H groups in total. The first-order valence-corrected chi connectivity index (χ1v) is 10.0. The Morgan fingerprint density at radius 2 is 1.97 bits per heavy atom. The number of guanidine groups is 1. The van der Waals surface area contributed by atoms with Crippen LogP contribution in [-0.4, -0.2) is 88.1 Å². The summed E-state index contributed by atoms with van der Waals surface area (Å²) >= 11 is 0. The molecule has 29 heavy (non-hydrogen) atoms. The SMILES string of the molecule is CN(C)C(=O)CN=C(NCCc1cccc(C(=O)N(C)C)c1)NCC1CCCO1. The molecule has 1 aliphatic rings. The normalized spacial score (nSPS) is 16.4. The third-order valence-electron chi connectivity index (χ3n) is 4.68. The minimum absolute atomic E-state index is 0.0116. The van der Waals surface area contributed by atoms with Crippen LogP contribution < -0.4 is 10.6 Å². The third-order valence-corrected chi connectivity index (χ3v) is 4.68. The number of benzene rings is 1. The van der Waals surface area contributed by atoms with Crippen molar-refractivity contribution < 1.29 is 14.3 Å². The van der Waals surface area contributed by atoms with Crippen molar-refractivity contribution in [1.29, 1.82) is 0 Å². The second-order valence-electron chi connectivity index (χ2n) is 7.55. The number of nitrogens with one attached hydrogen (secondary N) is 2. The van der Waals surface area contributed by atoms with Gasteiger partial charge in [-0.1, -0.05) is 12.1 Å². The van der Waals surface area contributed by atoms with Crippen LogP contribution in [0, 0.1) is 0 Å². The van der Waals surface area contributed by atoms with Crippen LogP contribution in [0.3, 0.4) is 0 Å². The Balaban J connectivity index is 1.92. The Hall–Kier alpha value is -2.61. The minimum Gasteiger partial charge on any atom is -0.376 e. The zero-order chi connectivity index (χ0) is 21.2. The fraction of sp³-hybridized carbons (Fsp3) is 0.571. The fourth-order valence-electron chi connectivity index (χ4n) is 2.92. The molecule has 0 spiro atoms. The first-order chi connectivity index (χ1) is 13.9. The number of ether oxygens (including phenoxy) is 1. The molecule has 2 amide bonds. The maximum absolute atomic E-state index is 12.1. The lowest BCUT2D eigenvalue weighted by Crippen LogP contribution is -2.42. The van der Waals surface area contributed by atoms with Crippen molar-refractivity contribution in [3.05, 3.63) is 35.4 Å². The monoisotopic (exact) mass is 403 g/mol. The van der Waals surface area contributed by atoms with E-state index in [4.69, 9.17) is 4.74 Å². The molecule has 1 atom stereocenters. The number of carbonyl (C=O) groups is 2. The highest BCUT2D eigenvalue weighted by molar-refractivity contribution is 5.94. The summed E-state index contributed by atoms with van der Waals surface area (Å²) in [5.74, 6) is 0.525. The summed E-state index contributed by atoms with van der Waals surface area (Å²) in [6, 6.07) is 7.63. The van der Waals surface area contributed by atoms with Gasteiger partial charge in [0, 0.05) is 53.5 Å². The van der Waals surface area contributed by atoms with Gasteiger partial charge >= 0.3 is 0 Å². The van der Waals surface area contributed by atoms with E-state index in [1.807, 2.05) is 24.3 Å². The van der Waals surface area contributed by atoms with Crippen LogP contribution in [0.2, 0.25) is 0 Å². The quantitative estimate of drug-likeness (QED) is 0.494. The second-order valence-corrected chi connectivity index (χ2v) is 7.55. The van der Waals surface area contributed by atoms with Gasteiger partial charge in [-0.3, -0.25) is 9.59 Å². The molecule has 1 aliphatic heterocycles. The number of nitrogens with zero attached hydrogens (tertiary/aromatic N) is 3. The number of hydrogen-bond acceptors (Lipinski definition) is 4. The van der Waals surface area contributed by atoms with Gasteiger partial charge in [0.1, 0.15) is 6.54 Å². The molecule has 0 radical (unpaired) electrons.